The van der Waals surface area contributed by atoms with Crippen molar-refractivity contribution in [2.45, 2.75) is 50.5 Å². The number of halogens is 1. The highest BCUT2D eigenvalue weighted by Gasteiger charge is 2.44. The predicted molar refractivity (Wildman–Crippen MR) is 77.4 cm³/mol. The molecule has 0 spiro atoms. The fourth-order valence-electron chi connectivity index (χ4n) is 3.63. The molecule has 5 nitrogen and oxygen atoms in total. The van der Waals surface area contributed by atoms with E-state index < -0.39 is 11.9 Å². The fourth-order valence-corrected chi connectivity index (χ4v) is 3.63. The Labute approximate surface area is 128 Å². The summed E-state index contributed by atoms with van der Waals surface area (Å²) in [7, 11) is 1.52. The van der Waals surface area contributed by atoms with E-state index in [-0.39, 0.29) is 30.5 Å². The number of methoxy groups -OCH3 is 1. The second-order valence-electron chi connectivity index (χ2n) is 5.95. The fraction of sp³-hybridized carbons (Fsp3) is 0.562. The second kappa shape index (κ2) is 6.12. The Morgan fingerprint density at radius 2 is 2.05 bits per heavy atom. The van der Waals surface area contributed by atoms with Crippen LogP contribution in [0.5, 0.6) is 5.75 Å². The number of hydrogen-bond donors (Lipinski definition) is 1. The van der Waals surface area contributed by atoms with Crippen molar-refractivity contribution in [1.29, 1.82) is 0 Å². The summed E-state index contributed by atoms with van der Waals surface area (Å²) >= 11 is 0. The Kier molecular flexibility index (Phi) is 4.20. The van der Waals surface area contributed by atoms with Crippen molar-refractivity contribution >= 4 is 6.09 Å². The Hall–Kier alpha value is -1.82. The monoisotopic (exact) mass is 309 g/mol. The van der Waals surface area contributed by atoms with Crippen LogP contribution in [0.4, 0.5) is 9.18 Å². The minimum atomic E-state index is -0.862. The van der Waals surface area contributed by atoms with Gasteiger partial charge >= 0.3 is 6.09 Å². The Bertz CT molecular complexity index is 551. The smallest absolute Gasteiger partial charge is 0.407 e. The van der Waals surface area contributed by atoms with Crippen LogP contribution in [0.15, 0.2) is 18.2 Å². The van der Waals surface area contributed by atoms with Gasteiger partial charge in [0.05, 0.1) is 6.61 Å². The first kappa shape index (κ1) is 15.1. The van der Waals surface area contributed by atoms with Crippen LogP contribution >= 0.6 is 0 Å². The van der Waals surface area contributed by atoms with E-state index >= 15 is 0 Å². The van der Waals surface area contributed by atoms with Gasteiger partial charge in [-0.1, -0.05) is 12.1 Å². The summed E-state index contributed by atoms with van der Waals surface area (Å²) < 4.78 is 25.1. The SMILES string of the molecule is COCc1cccc(OC2CC3CCC(C2)N3C(=O)O)c1F. The van der Waals surface area contributed by atoms with Gasteiger partial charge < -0.3 is 19.5 Å². The molecule has 1 amide bonds. The predicted octanol–water partition coefficient (Wildman–Crippen LogP) is 3.02. The molecule has 0 saturated carbocycles. The molecule has 3 rings (SSSR count). The molecule has 0 radical (unpaired) electrons. The summed E-state index contributed by atoms with van der Waals surface area (Å²) in [5.74, 6) is -0.167. The van der Waals surface area contributed by atoms with Gasteiger partial charge in [-0.25, -0.2) is 9.18 Å². The van der Waals surface area contributed by atoms with E-state index in [1.807, 2.05) is 0 Å². The molecule has 2 fully saturated rings. The lowest BCUT2D eigenvalue weighted by atomic mass is 10.00. The average molecular weight is 309 g/mol. The number of amides is 1. The lowest BCUT2D eigenvalue weighted by Gasteiger charge is -2.37. The van der Waals surface area contributed by atoms with Crippen molar-refractivity contribution in [2.75, 3.05) is 7.11 Å². The molecule has 1 aromatic carbocycles. The topological polar surface area (TPSA) is 59.0 Å². The van der Waals surface area contributed by atoms with Crippen LogP contribution in [0, 0.1) is 5.82 Å². The van der Waals surface area contributed by atoms with Crippen molar-refractivity contribution in [3.63, 3.8) is 0 Å². The molecule has 2 unspecified atom stereocenters. The van der Waals surface area contributed by atoms with E-state index in [4.69, 9.17) is 9.47 Å². The normalized spacial score (nSPS) is 27.0. The van der Waals surface area contributed by atoms with E-state index in [9.17, 15) is 14.3 Å². The van der Waals surface area contributed by atoms with E-state index in [2.05, 4.69) is 0 Å². The summed E-state index contributed by atoms with van der Waals surface area (Å²) in [4.78, 5) is 12.8. The highest BCUT2D eigenvalue weighted by atomic mass is 19.1. The van der Waals surface area contributed by atoms with Crippen LogP contribution in [-0.4, -0.2) is 41.4 Å². The van der Waals surface area contributed by atoms with Gasteiger partial charge in [-0.3, -0.25) is 0 Å². The molecule has 1 aromatic rings. The van der Waals surface area contributed by atoms with Gasteiger partial charge in [-0.15, -0.1) is 0 Å². The third-order valence-corrected chi connectivity index (χ3v) is 4.55. The first-order valence-electron chi connectivity index (χ1n) is 7.54. The van der Waals surface area contributed by atoms with Crippen LogP contribution in [0.2, 0.25) is 0 Å². The molecule has 6 heteroatoms. The summed E-state index contributed by atoms with van der Waals surface area (Å²) in [6.07, 6.45) is 1.97. The van der Waals surface area contributed by atoms with E-state index in [0.717, 1.165) is 12.8 Å². The van der Waals surface area contributed by atoms with Crippen molar-refractivity contribution in [3.8, 4) is 5.75 Å². The summed E-state index contributed by atoms with van der Waals surface area (Å²) in [6, 6.07) is 5.01. The standard InChI is InChI=1S/C16H20FNO4/c1-21-9-10-3-2-4-14(15(10)17)22-13-7-11-5-6-12(8-13)18(11)16(19)20/h2-4,11-13H,5-9H2,1H3,(H,19,20). The zero-order valence-electron chi connectivity index (χ0n) is 12.5. The number of ether oxygens (including phenoxy) is 2. The Morgan fingerprint density at radius 1 is 1.36 bits per heavy atom. The first-order valence-corrected chi connectivity index (χ1v) is 7.54. The largest absolute Gasteiger partial charge is 0.487 e. The summed E-state index contributed by atoms with van der Waals surface area (Å²) in [5, 5.41) is 9.25. The molecule has 2 heterocycles. The van der Waals surface area contributed by atoms with Gasteiger partial charge in [0.25, 0.3) is 0 Å². The number of hydrogen-bond acceptors (Lipinski definition) is 3. The van der Waals surface area contributed by atoms with Crippen molar-refractivity contribution in [3.05, 3.63) is 29.6 Å². The minimum absolute atomic E-state index is 0.00790. The highest BCUT2D eigenvalue weighted by Crippen LogP contribution is 2.37. The molecular formula is C16H20FNO4. The van der Waals surface area contributed by atoms with Crippen molar-refractivity contribution < 1.29 is 23.8 Å². The molecule has 120 valence electrons. The van der Waals surface area contributed by atoms with Gasteiger partial charge in [0.1, 0.15) is 6.10 Å². The number of piperidine rings is 1. The summed E-state index contributed by atoms with van der Waals surface area (Å²) in [6.45, 7) is 0.200. The van der Waals surface area contributed by atoms with Gasteiger partial charge in [-0.2, -0.15) is 0 Å². The highest BCUT2D eigenvalue weighted by molar-refractivity contribution is 5.66. The molecule has 2 atom stereocenters. The number of carboxylic acid groups (broad SMARTS) is 1. The van der Waals surface area contributed by atoms with Crippen LogP contribution in [0.3, 0.4) is 0 Å². The third-order valence-electron chi connectivity index (χ3n) is 4.55. The quantitative estimate of drug-likeness (QED) is 0.929. The molecule has 2 bridgehead atoms. The second-order valence-corrected chi connectivity index (χ2v) is 5.95. The molecule has 2 aliphatic heterocycles. The zero-order chi connectivity index (χ0) is 15.7. The molecular weight excluding hydrogens is 289 g/mol. The molecule has 0 aliphatic carbocycles. The van der Waals surface area contributed by atoms with Crippen molar-refractivity contribution in [2.24, 2.45) is 0 Å². The maximum atomic E-state index is 14.3. The maximum Gasteiger partial charge on any atom is 0.407 e. The van der Waals surface area contributed by atoms with Crippen LogP contribution in [0.1, 0.15) is 31.2 Å². The number of nitrogens with zero attached hydrogens (tertiary/aromatic N) is 1. The molecule has 22 heavy (non-hydrogen) atoms. The first-order chi connectivity index (χ1) is 10.6. The van der Waals surface area contributed by atoms with Crippen molar-refractivity contribution in [1.82, 2.24) is 4.90 Å². The molecule has 1 N–H and O–H groups in total. The van der Waals surface area contributed by atoms with Crippen LogP contribution in [-0.2, 0) is 11.3 Å². The number of benzene rings is 1. The Morgan fingerprint density at radius 3 is 2.64 bits per heavy atom. The lowest BCUT2D eigenvalue weighted by Crippen LogP contribution is -2.48. The number of rotatable bonds is 4. The van der Waals surface area contributed by atoms with Crippen LogP contribution < -0.4 is 4.74 Å². The number of carbonyl (C=O) groups is 1. The minimum Gasteiger partial charge on any atom is -0.487 e. The van der Waals surface area contributed by atoms with E-state index in [1.165, 1.54) is 12.0 Å². The number of fused-ring (bicyclic) bond motifs is 2. The Balaban J connectivity index is 1.71. The van der Waals surface area contributed by atoms with Gasteiger partial charge in [0, 0.05) is 37.6 Å². The lowest BCUT2D eigenvalue weighted by molar-refractivity contribution is 0.0476. The molecule has 2 saturated heterocycles. The third kappa shape index (κ3) is 2.75. The van der Waals surface area contributed by atoms with E-state index in [0.29, 0.717) is 18.4 Å². The van der Waals surface area contributed by atoms with Crippen LogP contribution in [0.25, 0.3) is 0 Å². The average Bonchev–Trinajstić information content (AvgIpc) is 2.76. The molecule has 0 aromatic heterocycles. The van der Waals surface area contributed by atoms with E-state index in [1.54, 1.807) is 18.2 Å². The maximum absolute atomic E-state index is 14.3. The van der Waals surface area contributed by atoms with Gasteiger partial charge in [-0.05, 0) is 18.9 Å². The zero-order valence-corrected chi connectivity index (χ0v) is 12.5. The van der Waals surface area contributed by atoms with Gasteiger partial charge in [0.15, 0.2) is 11.6 Å². The summed E-state index contributed by atoms with van der Waals surface area (Å²) in [5.41, 5.74) is 0.464. The molecule has 2 aliphatic rings. The van der Waals surface area contributed by atoms with Gasteiger partial charge in [0.2, 0.25) is 0 Å².